The lowest BCUT2D eigenvalue weighted by Gasteiger charge is -2.05. The number of carbonyl (C=O) groups excluding carboxylic acids is 1. The summed E-state index contributed by atoms with van der Waals surface area (Å²) >= 11 is 0. The van der Waals surface area contributed by atoms with Crippen molar-refractivity contribution < 1.29 is 4.79 Å². The highest BCUT2D eigenvalue weighted by atomic mass is 16.1. The van der Waals surface area contributed by atoms with E-state index in [4.69, 9.17) is 0 Å². The average molecular weight is 220 g/mol. The monoisotopic (exact) mass is 220 g/mol. The van der Waals surface area contributed by atoms with Crippen LogP contribution in [0.2, 0.25) is 0 Å². The first kappa shape index (κ1) is 12.7. The highest BCUT2D eigenvalue weighted by Gasteiger charge is 2.00. The van der Waals surface area contributed by atoms with Crippen molar-refractivity contribution in [1.82, 2.24) is 5.32 Å². The molecule has 1 rings (SSSR count). The molecule has 0 heterocycles. The summed E-state index contributed by atoms with van der Waals surface area (Å²) in [4.78, 5) is 11.5. The molecule has 2 N–H and O–H groups in total. The first-order chi connectivity index (χ1) is 7.83. The predicted molar refractivity (Wildman–Crippen MR) is 67.5 cm³/mol. The van der Waals surface area contributed by atoms with Gasteiger partial charge in [0.2, 0.25) is 5.91 Å². The molecule has 1 aromatic carbocycles. The second-order valence-electron chi connectivity index (χ2n) is 3.77. The van der Waals surface area contributed by atoms with Crippen LogP contribution in [0.4, 0.5) is 5.69 Å². The minimum Gasteiger partial charge on any atom is -0.326 e. The molecule has 0 bridgehead atoms. The molecule has 0 unspecified atom stereocenters. The molecule has 1 amide bonds. The predicted octanol–water partition coefficient (Wildman–Crippen LogP) is 2.40. The molecule has 3 heteroatoms. The summed E-state index contributed by atoms with van der Waals surface area (Å²) in [7, 11) is 0. The lowest BCUT2D eigenvalue weighted by Crippen LogP contribution is -2.22. The van der Waals surface area contributed by atoms with E-state index in [0.717, 1.165) is 18.8 Å². The molecular weight excluding hydrogens is 200 g/mol. The topological polar surface area (TPSA) is 41.1 Å². The maximum absolute atomic E-state index is 11.5. The summed E-state index contributed by atoms with van der Waals surface area (Å²) in [5.74, 6) is 0.0650. The van der Waals surface area contributed by atoms with Crippen molar-refractivity contribution in [2.24, 2.45) is 0 Å². The van der Waals surface area contributed by atoms with E-state index in [0.29, 0.717) is 6.42 Å². The van der Waals surface area contributed by atoms with Gasteiger partial charge in [-0.25, -0.2) is 0 Å². The van der Waals surface area contributed by atoms with Crippen molar-refractivity contribution in [1.29, 1.82) is 0 Å². The molecule has 0 aliphatic heterocycles. The number of unbranched alkanes of at least 4 members (excludes halogenated alkanes) is 1. The minimum absolute atomic E-state index is 0.0650. The van der Waals surface area contributed by atoms with Gasteiger partial charge in [0.05, 0.1) is 0 Å². The van der Waals surface area contributed by atoms with Gasteiger partial charge in [0, 0.05) is 18.7 Å². The number of anilines is 1. The number of para-hydroxylation sites is 1. The summed E-state index contributed by atoms with van der Waals surface area (Å²) in [6.07, 6.45) is 2.88. The minimum atomic E-state index is 0.0650. The molecule has 0 aliphatic rings. The van der Waals surface area contributed by atoms with Gasteiger partial charge >= 0.3 is 0 Å². The van der Waals surface area contributed by atoms with Gasteiger partial charge in [-0.2, -0.15) is 0 Å². The van der Waals surface area contributed by atoms with Crippen LogP contribution in [0.5, 0.6) is 0 Å². The van der Waals surface area contributed by atoms with E-state index >= 15 is 0 Å². The van der Waals surface area contributed by atoms with Gasteiger partial charge in [-0.3, -0.25) is 4.79 Å². The number of hydrogen-bond donors (Lipinski definition) is 2. The first-order valence-electron chi connectivity index (χ1n) is 5.88. The highest BCUT2D eigenvalue weighted by molar-refractivity contribution is 5.90. The van der Waals surface area contributed by atoms with E-state index in [-0.39, 0.29) is 5.91 Å². The third-order valence-electron chi connectivity index (χ3n) is 2.29. The second-order valence-corrected chi connectivity index (χ2v) is 3.77. The number of nitrogens with one attached hydrogen (secondary N) is 2. The fourth-order valence-electron chi connectivity index (χ4n) is 1.37. The van der Waals surface area contributed by atoms with Crippen LogP contribution in [0.1, 0.15) is 26.2 Å². The van der Waals surface area contributed by atoms with Crippen molar-refractivity contribution in [2.45, 2.75) is 26.2 Å². The molecular formula is C13H20N2O. The maximum atomic E-state index is 11.5. The molecule has 1 aromatic rings. The maximum Gasteiger partial charge on any atom is 0.225 e. The Balaban J connectivity index is 2.12. The molecule has 88 valence electrons. The van der Waals surface area contributed by atoms with Crippen molar-refractivity contribution in [2.75, 3.05) is 18.4 Å². The van der Waals surface area contributed by atoms with Gasteiger partial charge < -0.3 is 10.6 Å². The molecule has 3 nitrogen and oxygen atoms in total. The van der Waals surface area contributed by atoms with Crippen molar-refractivity contribution in [3.63, 3.8) is 0 Å². The fraction of sp³-hybridized carbons (Fsp3) is 0.462. The van der Waals surface area contributed by atoms with Crippen molar-refractivity contribution in [3.8, 4) is 0 Å². The Morgan fingerprint density at radius 2 is 1.94 bits per heavy atom. The molecule has 0 atom stereocenters. The van der Waals surface area contributed by atoms with Crippen LogP contribution in [-0.2, 0) is 4.79 Å². The highest BCUT2D eigenvalue weighted by Crippen LogP contribution is 2.04. The standard InChI is InChI=1S/C13H20N2O/c1-2-3-10-14-11-9-13(16)15-12-7-5-4-6-8-12/h4-8,14H,2-3,9-11H2,1H3,(H,15,16). The Morgan fingerprint density at radius 1 is 1.19 bits per heavy atom. The molecule has 0 aliphatic carbocycles. The van der Waals surface area contributed by atoms with Gasteiger partial charge in [-0.1, -0.05) is 31.5 Å². The third-order valence-corrected chi connectivity index (χ3v) is 2.29. The SMILES string of the molecule is CCCCNCCC(=O)Nc1ccccc1. The van der Waals surface area contributed by atoms with Crippen LogP contribution in [0.25, 0.3) is 0 Å². The molecule has 16 heavy (non-hydrogen) atoms. The van der Waals surface area contributed by atoms with Gasteiger partial charge in [0.1, 0.15) is 0 Å². The Bertz CT molecular complexity index is 298. The van der Waals surface area contributed by atoms with Crippen LogP contribution in [0.3, 0.4) is 0 Å². The van der Waals surface area contributed by atoms with Gasteiger partial charge in [0.25, 0.3) is 0 Å². The van der Waals surface area contributed by atoms with Gasteiger partial charge in [-0.15, -0.1) is 0 Å². The quantitative estimate of drug-likeness (QED) is 0.693. The Morgan fingerprint density at radius 3 is 2.62 bits per heavy atom. The lowest BCUT2D eigenvalue weighted by molar-refractivity contribution is -0.116. The van der Waals surface area contributed by atoms with Gasteiger partial charge in [0.15, 0.2) is 0 Å². The first-order valence-corrected chi connectivity index (χ1v) is 5.88. The van der Waals surface area contributed by atoms with Crippen LogP contribution in [0.15, 0.2) is 30.3 Å². The number of amides is 1. The molecule has 0 spiro atoms. The van der Waals surface area contributed by atoms with Crippen LogP contribution < -0.4 is 10.6 Å². The van der Waals surface area contributed by atoms with Crippen molar-refractivity contribution in [3.05, 3.63) is 30.3 Å². The lowest BCUT2D eigenvalue weighted by atomic mass is 10.3. The summed E-state index contributed by atoms with van der Waals surface area (Å²) < 4.78 is 0. The molecule has 0 fully saturated rings. The number of hydrogen-bond acceptors (Lipinski definition) is 2. The van der Waals surface area contributed by atoms with Gasteiger partial charge in [-0.05, 0) is 25.1 Å². The summed E-state index contributed by atoms with van der Waals surface area (Å²) in [5, 5.41) is 6.10. The molecule has 0 saturated carbocycles. The van der Waals surface area contributed by atoms with Crippen LogP contribution in [0, 0.1) is 0 Å². The Kier molecular flexibility index (Phi) is 6.26. The fourth-order valence-corrected chi connectivity index (χ4v) is 1.37. The van der Waals surface area contributed by atoms with E-state index in [1.165, 1.54) is 12.8 Å². The molecule has 0 radical (unpaired) electrons. The summed E-state index contributed by atoms with van der Waals surface area (Å²) in [6.45, 7) is 3.90. The van der Waals surface area contributed by atoms with E-state index < -0.39 is 0 Å². The zero-order valence-corrected chi connectivity index (χ0v) is 9.83. The van der Waals surface area contributed by atoms with Crippen molar-refractivity contribution >= 4 is 11.6 Å². The largest absolute Gasteiger partial charge is 0.326 e. The Labute approximate surface area is 97.2 Å². The molecule has 0 aromatic heterocycles. The smallest absolute Gasteiger partial charge is 0.225 e. The number of carbonyl (C=O) groups is 1. The zero-order valence-electron chi connectivity index (χ0n) is 9.83. The van der Waals surface area contributed by atoms with E-state index in [2.05, 4.69) is 17.6 Å². The Hall–Kier alpha value is -1.35. The second kappa shape index (κ2) is 7.88. The number of benzene rings is 1. The van der Waals surface area contributed by atoms with E-state index in [1.807, 2.05) is 30.3 Å². The van der Waals surface area contributed by atoms with E-state index in [1.54, 1.807) is 0 Å². The normalized spacial score (nSPS) is 10.1. The summed E-state index contributed by atoms with van der Waals surface area (Å²) in [5.41, 5.74) is 0.862. The third kappa shape index (κ3) is 5.51. The van der Waals surface area contributed by atoms with Crippen LogP contribution >= 0.6 is 0 Å². The van der Waals surface area contributed by atoms with Crippen LogP contribution in [-0.4, -0.2) is 19.0 Å². The zero-order chi connectivity index (χ0) is 11.6. The average Bonchev–Trinajstić information content (AvgIpc) is 2.30. The van der Waals surface area contributed by atoms with E-state index in [9.17, 15) is 4.79 Å². The number of rotatable bonds is 7. The summed E-state index contributed by atoms with van der Waals surface area (Å²) in [6, 6.07) is 9.54. The molecule has 0 saturated heterocycles.